The maximum absolute atomic E-state index is 13.7. The predicted molar refractivity (Wildman–Crippen MR) is 86.7 cm³/mol. The van der Waals surface area contributed by atoms with Gasteiger partial charge in [-0.05, 0) is 36.4 Å². The van der Waals surface area contributed by atoms with E-state index in [0.717, 1.165) is 5.69 Å². The van der Waals surface area contributed by atoms with E-state index < -0.39 is 5.82 Å². The lowest BCUT2D eigenvalue weighted by Gasteiger charge is -2.01. The van der Waals surface area contributed by atoms with Crippen LogP contribution in [0.4, 0.5) is 15.2 Å². The standard InChI is InChI=1S/C16H10ClFN2OS/c17-10-5-7-11(8-6-10)20-16-19-9-14(22-16)15(21)12-3-1-2-4-13(12)18/h1-9H,(H,19,20). The summed E-state index contributed by atoms with van der Waals surface area (Å²) in [6, 6.07) is 13.0. The summed E-state index contributed by atoms with van der Waals surface area (Å²) in [5.41, 5.74) is 0.854. The fourth-order valence-corrected chi connectivity index (χ4v) is 2.79. The van der Waals surface area contributed by atoms with Gasteiger partial charge in [-0.1, -0.05) is 35.1 Å². The molecule has 3 nitrogen and oxygen atoms in total. The summed E-state index contributed by atoms with van der Waals surface area (Å²) in [7, 11) is 0. The zero-order valence-corrected chi connectivity index (χ0v) is 12.8. The fourth-order valence-electron chi connectivity index (χ4n) is 1.87. The maximum atomic E-state index is 13.7. The van der Waals surface area contributed by atoms with Crippen LogP contribution in [0.1, 0.15) is 15.2 Å². The third-order valence-electron chi connectivity index (χ3n) is 2.94. The third kappa shape index (κ3) is 3.16. The van der Waals surface area contributed by atoms with Crippen molar-refractivity contribution in [2.45, 2.75) is 0 Å². The second-order valence-corrected chi connectivity index (χ2v) is 5.94. The van der Waals surface area contributed by atoms with Gasteiger partial charge in [-0.25, -0.2) is 9.37 Å². The molecular weight excluding hydrogens is 323 g/mol. The number of ketones is 1. The number of carbonyl (C=O) groups excluding carboxylic acids is 1. The minimum absolute atomic E-state index is 0.0455. The number of nitrogens with zero attached hydrogens (tertiary/aromatic N) is 1. The first kappa shape index (κ1) is 14.7. The molecule has 110 valence electrons. The highest BCUT2D eigenvalue weighted by atomic mass is 35.5. The van der Waals surface area contributed by atoms with Crippen LogP contribution in [-0.4, -0.2) is 10.8 Å². The number of aromatic nitrogens is 1. The van der Waals surface area contributed by atoms with Crippen molar-refractivity contribution in [1.82, 2.24) is 4.98 Å². The average molecular weight is 333 g/mol. The van der Waals surface area contributed by atoms with E-state index in [1.165, 1.54) is 29.7 Å². The highest BCUT2D eigenvalue weighted by Crippen LogP contribution is 2.25. The molecule has 0 aliphatic heterocycles. The minimum Gasteiger partial charge on any atom is -0.332 e. The van der Waals surface area contributed by atoms with Gasteiger partial charge in [-0.2, -0.15) is 0 Å². The lowest BCUT2D eigenvalue weighted by atomic mass is 10.1. The van der Waals surface area contributed by atoms with E-state index in [1.54, 1.807) is 24.3 Å². The predicted octanol–water partition coefficient (Wildman–Crippen LogP) is 4.91. The largest absolute Gasteiger partial charge is 0.332 e. The van der Waals surface area contributed by atoms with E-state index in [1.807, 2.05) is 12.1 Å². The molecule has 6 heteroatoms. The Morgan fingerprint density at radius 2 is 1.86 bits per heavy atom. The molecular formula is C16H10ClFN2OS. The SMILES string of the molecule is O=C(c1cnc(Nc2ccc(Cl)cc2)s1)c1ccccc1F. The van der Waals surface area contributed by atoms with Gasteiger partial charge in [-0.3, -0.25) is 4.79 Å². The zero-order chi connectivity index (χ0) is 15.5. The summed E-state index contributed by atoms with van der Waals surface area (Å²) in [6.45, 7) is 0. The molecule has 0 aliphatic carbocycles. The first-order valence-electron chi connectivity index (χ1n) is 6.41. The van der Waals surface area contributed by atoms with E-state index in [2.05, 4.69) is 10.3 Å². The van der Waals surface area contributed by atoms with Crippen molar-refractivity contribution >= 4 is 39.5 Å². The number of anilines is 2. The maximum Gasteiger partial charge on any atom is 0.207 e. The third-order valence-corrected chi connectivity index (χ3v) is 4.11. The molecule has 0 aliphatic rings. The molecule has 0 radical (unpaired) electrons. The Hall–Kier alpha value is -2.24. The van der Waals surface area contributed by atoms with Crippen LogP contribution < -0.4 is 5.32 Å². The Labute approximate surface area is 135 Å². The highest BCUT2D eigenvalue weighted by Gasteiger charge is 2.16. The number of thiazole rings is 1. The van der Waals surface area contributed by atoms with Crippen LogP contribution in [0.25, 0.3) is 0 Å². The van der Waals surface area contributed by atoms with Crippen LogP contribution in [-0.2, 0) is 0 Å². The van der Waals surface area contributed by atoms with Gasteiger partial charge in [0.2, 0.25) is 5.78 Å². The van der Waals surface area contributed by atoms with Gasteiger partial charge in [0.25, 0.3) is 0 Å². The lowest BCUT2D eigenvalue weighted by Crippen LogP contribution is -2.01. The van der Waals surface area contributed by atoms with Crippen LogP contribution >= 0.6 is 22.9 Å². The molecule has 0 unspecified atom stereocenters. The second-order valence-electron chi connectivity index (χ2n) is 4.47. The molecule has 22 heavy (non-hydrogen) atoms. The number of nitrogens with one attached hydrogen (secondary N) is 1. The van der Waals surface area contributed by atoms with Crippen LogP contribution in [0, 0.1) is 5.82 Å². The van der Waals surface area contributed by atoms with Gasteiger partial charge in [-0.15, -0.1) is 0 Å². The molecule has 0 atom stereocenters. The Morgan fingerprint density at radius 3 is 2.59 bits per heavy atom. The van der Waals surface area contributed by atoms with Gasteiger partial charge in [0.05, 0.1) is 16.6 Å². The zero-order valence-electron chi connectivity index (χ0n) is 11.2. The smallest absolute Gasteiger partial charge is 0.207 e. The highest BCUT2D eigenvalue weighted by molar-refractivity contribution is 7.17. The molecule has 1 heterocycles. The Kier molecular flexibility index (Phi) is 4.18. The fraction of sp³-hybridized carbons (Fsp3) is 0. The van der Waals surface area contributed by atoms with Gasteiger partial charge >= 0.3 is 0 Å². The van der Waals surface area contributed by atoms with Gasteiger partial charge in [0.15, 0.2) is 5.13 Å². The molecule has 1 N–H and O–H groups in total. The summed E-state index contributed by atoms with van der Waals surface area (Å²) in [4.78, 5) is 16.8. The van der Waals surface area contributed by atoms with Crippen LogP contribution in [0.15, 0.2) is 54.7 Å². The van der Waals surface area contributed by atoms with E-state index in [9.17, 15) is 9.18 Å². The van der Waals surface area contributed by atoms with Crippen molar-refractivity contribution in [3.8, 4) is 0 Å². The first-order chi connectivity index (χ1) is 10.6. The molecule has 3 aromatic rings. The first-order valence-corrected chi connectivity index (χ1v) is 7.60. The molecule has 0 saturated carbocycles. The van der Waals surface area contributed by atoms with Gasteiger partial charge < -0.3 is 5.32 Å². The Bertz CT molecular complexity index is 817. The van der Waals surface area contributed by atoms with Crippen molar-refractivity contribution in [3.05, 3.63) is 76.0 Å². The number of rotatable bonds is 4. The Morgan fingerprint density at radius 1 is 1.14 bits per heavy atom. The number of hydrogen-bond acceptors (Lipinski definition) is 4. The summed E-state index contributed by atoms with van der Waals surface area (Å²) in [5, 5.41) is 4.27. The van der Waals surface area contributed by atoms with Gasteiger partial charge in [0, 0.05) is 10.7 Å². The number of carbonyl (C=O) groups is 1. The lowest BCUT2D eigenvalue weighted by molar-refractivity contribution is 0.103. The van der Waals surface area contributed by atoms with Crippen molar-refractivity contribution in [3.63, 3.8) is 0 Å². The van der Waals surface area contributed by atoms with E-state index >= 15 is 0 Å². The number of hydrogen-bond donors (Lipinski definition) is 1. The monoisotopic (exact) mass is 332 g/mol. The van der Waals surface area contributed by atoms with Crippen molar-refractivity contribution in [1.29, 1.82) is 0 Å². The summed E-state index contributed by atoms with van der Waals surface area (Å²) in [5.74, 6) is -0.909. The van der Waals surface area contributed by atoms with E-state index in [4.69, 9.17) is 11.6 Å². The topological polar surface area (TPSA) is 42.0 Å². The van der Waals surface area contributed by atoms with Crippen molar-refractivity contribution in [2.75, 3.05) is 5.32 Å². The van der Waals surface area contributed by atoms with Crippen LogP contribution in [0.2, 0.25) is 5.02 Å². The van der Waals surface area contributed by atoms with E-state index in [-0.39, 0.29) is 11.3 Å². The molecule has 2 aromatic carbocycles. The number of halogens is 2. The number of benzene rings is 2. The summed E-state index contributed by atoms with van der Waals surface area (Å²) in [6.07, 6.45) is 1.44. The molecule has 3 rings (SSSR count). The minimum atomic E-state index is -0.534. The second kappa shape index (κ2) is 6.25. The molecule has 0 saturated heterocycles. The van der Waals surface area contributed by atoms with Gasteiger partial charge in [0.1, 0.15) is 5.82 Å². The Balaban J connectivity index is 1.80. The van der Waals surface area contributed by atoms with Crippen molar-refractivity contribution < 1.29 is 9.18 Å². The van der Waals surface area contributed by atoms with Crippen LogP contribution in [0.5, 0.6) is 0 Å². The van der Waals surface area contributed by atoms with Crippen LogP contribution in [0.3, 0.4) is 0 Å². The summed E-state index contributed by atoms with van der Waals surface area (Å²) >= 11 is 6.99. The average Bonchev–Trinajstić information content (AvgIpc) is 2.98. The molecule has 0 spiro atoms. The molecule has 0 fully saturated rings. The summed E-state index contributed by atoms with van der Waals surface area (Å²) < 4.78 is 13.7. The van der Waals surface area contributed by atoms with Crippen molar-refractivity contribution in [2.24, 2.45) is 0 Å². The normalized spacial score (nSPS) is 10.5. The molecule has 0 amide bonds. The quantitative estimate of drug-likeness (QED) is 0.690. The van der Waals surface area contributed by atoms with E-state index in [0.29, 0.717) is 15.0 Å². The molecule has 1 aromatic heterocycles. The molecule has 0 bridgehead atoms.